The Hall–Kier alpha value is -1.63. The first-order chi connectivity index (χ1) is 8.81. The van der Waals surface area contributed by atoms with Crippen molar-refractivity contribution in [1.29, 1.82) is 0 Å². The van der Waals surface area contributed by atoms with Crippen molar-refractivity contribution in [2.45, 2.75) is 38.3 Å². The summed E-state index contributed by atoms with van der Waals surface area (Å²) in [4.78, 5) is 37.4. The maximum absolute atomic E-state index is 12.0. The Bertz CT molecular complexity index is 417. The highest BCUT2D eigenvalue weighted by atomic mass is 16.4. The van der Waals surface area contributed by atoms with Crippen molar-refractivity contribution >= 4 is 17.9 Å². The van der Waals surface area contributed by atoms with E-state index >= 15 is 0 Å². The molecule has 3 amide bonds. The summed E-state index contributed by atoms with van der Waals surface area (Å²) >= 11 is 0. The van der Waals surface area contributed by atoms with Gasteiger partial charge >= 0.3 is 12.0 Å². The van der Waals surface area contributed by atoms with Crippen LogP contribution in [0.25, 0.3) is 0 Å². The van der Waals surface area contributed by atoms with Gasteiger partial charge in [0.05, 0.1) is 6.54 Å². The molecule has 1 aliphatic heterocycles. The van der Waals surface area contributed by atoms with E-state index in [0.29, 0.717) is 6.54 Å². The summed E-state index contributed by atoms with van der Waals surface area (Å²) in [6, 6.07) is -0.119. The van der Waals surface area contributed by atoms with Crippen LogP contribution in [-0.2, 0) is 9.59 Å². The molecule has 19 heavy (non-hydrogen) atoms. The van der Waals surface area contributed by atoms with E-state index in [-0.39, 0.29) is 25.0 Å². The van der Waals surface area contributed by atoms with Gasteiger partial charge in [0, 0.05) is 19.1 Å². The van der Waals surface area contributed by atoms with Crippen molar-refractivity contribution in [3.05, 3.63) is 0 Å². The molecule has 106 valence electrons. The molecule has 0 bridgehead atoms. The van der Waals surface area contributed by atoms with E-state index in [1.54, 1.807) is 13.8 Å². The van der Waals surface area contributed by atoms with Gasteiger partial charge in [-0.3, -0.25) is 19.4 Å². The largest absolute Gasteiger partial charge is 0.480 e. The van der Waals surface area contributed by atoms with E-state index < -0.39 is 17.5 Å². The number of imide groups is 1. The quantitative estimate of drug-likeness (QED) is 0.655. The topological polar surface area (TPSA) is 90.0 Å². The number of aliphatic carboxylic acids is 1. The molecule has 1 aliphatic carbocycles. The highest BCUT2D eigenvalue weighted by Gasteiger charge is 2.44. The molecular weight excluding hydrogens is 250 g/mol. The monoisotopic (exact) mass is 269 g/mol. The molecule has 1 heterocycles. The Morgan fingerprint density at radius 1 is 1.47 bits per heavy atom. The number of urea groups is 1. The van der Waals surface area contributed by atoms with Gasteiger partial charge in [-0.1, -0.05) is 0 Å². The van der Waals surface area contributed by atoms with E-state index in [2.05, 4.69) is 5.32 Å². The van der Waals surface area contributed by atoms with Crippen LogP contribution in [0.2, 0.25) is 0 Å². The third kappa shape index (κ3) is 3.04. The second kappa shape index (κ2) is 4.80. The molecule has 1 saturated carbocycles. The molecule has 1 saturated heterocycles. The van der Waals surface area contributed by atoms with Gasteiger partial charge in [-0.25, -0.2) is 4.79 Å². The highest BCUT2D eigenvalue weighted by Crippen LogP contribution is 2.26. The number of amides is 3. The zero-order valence-electron chi connectivity index (χ0n) is 11.2. The zero-order valence-corrected chi connectivity index (χ0v) is 11.2. The Balaban J connectivity index is 1.92. The molecule has 7 nitrogen and oxygen atoms in total. The van der Waals surface area contributed by atoms with Gasteiger partial charge in [0.15, 0.2) is 0 Å². The van der Waals surface area contributed by atoms with Crippen LogP contribution < -0.4 is 5.32 Å². The van der Waals surface area contributed by atoms with Crippen molar-refractivity contribution in [2.24, 2.45) is 0 Å². The lowest BCUT2D eigenvalue weighted by atomic mass is 10.1. The molecule has 0 unspecified atom stereocenters. The molecule has 0 radical (unpaired) electrons. The van der Waals surface area contributed by atoms with Crippen LogP contribution in [0.1, 0.15) is 26.7 Å². The van der Waals surface area contributed by atoms with Crippen LogP contribution in [-0.4, -0.2) is 64.0 Å². The molecule has 0 spiro atoms. The van der Waals surface area contributed by atoms with Gasteiger partial charge in [-0.15, -0.1) is 0 Å². The minimum atomic E-state index is -0.885. The van der Waals surface area contributed by atoms with Gasteiger partial charge in [-0.2, -0.15) is 0 Å². The van der Waals surface area contributed by atoms with Gasteiger partial charge in [0.1, 0.15) is 5.54 Å². The van der Waals surface area contributed by atoms with Crippen molar-refractivity contribution in [2.75, 3.05) is 19.6 Å². The predicted molar refractivity (Wildman–Crippen MR) is 66.6 cm³/mol. The number of hydrogen-bond acceptors (Lipinski definition) is 4. The van der Waals surface area contributed by atoms with Crippen LogP contribution in [0.4, 0.5) is 4.79 Å². The van der Waals surface area contributed by atoms with Crippen LogP contribution in [0.15, 0.2) is 0 Å². The lowest BCUT2D eigenvalue weighted by Gasteiger charge is -2.22. The van der Waals surface area contributed by atoms with Crippen molar-refractivity contribution < 1.29 is 19.5 Å². The summed E-state index contributed by atoms with van der Waals surface area (Å²) in [6.07, 6.45) is 1.97. The summed E-state index contributed by atoms with van der Waals surface area (Å²) in [6.45, 7) is 3.91. The molecule has 0 aromatic carbocycles. The number of carboxylic acids is 1. The number of rotatable bonds is 6. The molecule has 2 rings (SSSR count). The summed E-state index contributed by atoms with van der Waals surface area (Å²) < 4.78 is 0. The first-order valence-corrected chi connectivity index (χ1v) is 6.41. The number of carboxylic acid groups (broad SMARTS) is 1. The first kappa shape index (κ1) is 13.8. The minimum Gasteiger partial charge on any atom is -0.480 e. The maximum atomic E-state index is 12.0. The average molecular weight is 269 g/mol. The van der Waals surface area contributed by atoms with E-state index in [9.17, 15) is 14.4 Å². The fourth-order valence-electron chi connectivity index (χ4n) is 2.25. The van der Waals surface area contributed by atoms with Crippen molar-refractivity contribution in [3.63, 3.8) is 0 Å². The standard InChI is InChI=1S/C12H19N3O4/c1-12(2)10(18)15(11(19)13-12)6-5-14(7-9(16)17)8-3-4-8/h8H,3-7H2,1-2H3,(H,13,19)(H,16,17). The van der Waals surface area contributed by atoms with E-state index in [0.717, 1.165) is 17.7 Å². The van der Waals surface area contributed by atoms with Gasteiger partial charge in [0.25, 0.3) is 5.91 Å². The molecule has 2 N–H and O–H groups in total. The molecular formula is C12H19N3O4. The zero-order chi connectivity index (χ0) is 14.2. The Morgan fingerprint density at radius 2 is 2.11 bits per heavy atom. The summed E-state index contributed by atoms with van der Waals surface area (Å²) in [5.74, 6) is -1.15. The summed E-state index contributed by atoms with van der Waals surface area (Å²) in [5, 5.41) is 11.4. The third-order valence-corrected chi connectivity index (χ3v) is 3.46. The Labute approximate surface area is 111 Å². The molecule has 7 heteroatoms. The highest BCUT2D eigenvalue weighted by molar-refractivity contribution is 6.06. The van der Waals surface area contributed by atoms with Crippen LogP contribution in [0.5, 0.6) is 0 Å². The van der Waals surface area contributed by atoms with Gasteiger partial charge in [-0.05, 0) is 26.7 Å². The normalized spacial score (nSPS) is 21.9. The molecule has 0 aromatic heterocycles. The smallest absolute Gasteiger partial charge is 0.325 e. The fourth-order valence-corrected chi connectivity index (χ4v) is 2.25. The molecule has 0 aromatic rings. The van der Waals surface area contributed by atoms with Crippen molar-refractivity contribution in [1.82, 2.24) is 15.1 Å². The number of carbonyl (C=O) groups is 3. The lowest BCUT2D eigenvalue weighted by Crippen LogP contribution is -2.43. The molecule has 2 aliphatic rings. The number of nitrogens with zero attached hydrogens (tertiary/aromatic N) is 2. The van der Waals surface area contributed by atoms with E-state index in [4.69, 9.17) is 5.11 Å². The minimum absolute atomic E-state index is 0.0439. The average Bonchev–Trinajstić information content (AvgIpc) is 3.06. The second-order valence-corrected chi connectivity index (χ2v) is 5.61. The number of carbonyl (C=O) groups excluding carboxylic acids is 2. The SMILES string of the molecule is CC1(C)NC(=O)N(CCN(CC(=O)O)C2CC2)C1=O. The van der Waals surface area contributed by atoms with Crippen LogP contribution >= 0.6 is 0 Å². The van der Waals surface area contributed by atoms with Crippen LogP contribution in [0, 0.1) is 0 Å². The number of nitrogens with one attached hydrogen (secondary N) is 1. The summed E-state index contributed by atoms with van der Waals surface area (Å²) in [5.41, 5.74) is -0.867. The van der Waals surface area contributed by atoms with Crippen molar-refractivity contribution in [3.8, 4) is 0 Å². The molecule has 2 fully saturated rings. The molecule has 0 atom stereocenters. The van der Waals surface area contributed by atoms with E-state index in [1.807, 2.05) is 4.90 Å². The van der Waals surface area contributed by atoms with Crippen LogP contribution in [0.3, 0.4) is 0 Å². The lowest BCUT2D eigenvalue weighted by molar-refractivity contribution is -0.138. The summed E-state index contributed by atoms with van der Waals surface area (Å²) in [7, 11) is 0. The number of hydrogen-bond donors (Lipinski definition) is 2. The third-order valence-electron chi connectivity index (χ3n) is 3.46. The fraction of sp³-hybridized carbons (Fsp3) is 0.750. The second-order valence-electron chi connectivity index (χ2n) is 5.61. The van der Waals surface area contributed by atoms with Gasteiger partial charge < -0.3 is 10.4 Å². The first-order valence-electron chi connectivity index (χ1n) is 6.41. The Morgan fingerprint density at radius 3 is 2.53 bits per heavy atom. The van der Waals surface area contributed by atoms with E-state index in [1.165, 1.54) is 0 Å². The predicted octanol–water partition coefficient (Wildman–Crippen LogP) is -0.134. The Kier molecular flexibility index (Phi) is 3.49. The van der Waals surface area contributed by atoms with Gasteiger partial charge in [0.2, 0.25) is 0 Å². The maximum Gasteiger partial charge on any atom is 0.325 e.